The summed E-state index contributed by atoms with van der Waals surface area (Å²) in [5, 5.41) is 44.3. The molecule has 0 aliphatic carbocycles. The molecule has 9 heteroatoms. The van der Waals surface area contributed by atoms with Gasteiger partial charge in [0.1, 0.15) is 47.5 Å². The monoisotopic (exact) mass is 437 g/mol. The molecule has 0 fully saturated rings. The number of nitrogens with one attached hydrogen (secondary N) is 1. The number of halogens is 2. The van der Waals surface area contributed by atoms with Crippen LogP contribution < -0.4 is 14.8 Å². The molecule has 2 aromatic rings. The highest BCUT2D eigenvalue weighted by Gasteiger charge is 2.34. The molecule has 0 aromatic heterocycles. The SMILES string of the molecule is OC1C[C@@H]([C@H](O)CNC[C@@H](O)[C@H]2CC(O)c3cc(F)ccc3O2)Oc2ccc(F)cc21. The van der Waals surface area contributed by atoms with Crippen molar-refractivity contribution in [3.8, 4) is 11.5 Å². The van der Waals surface area contributed by atoms with Crippen LogP contribution in [0.5, 0.6) is 11.5 Å². The number of benzene rings is 2. The number of aliphatic hydroxyl groups excluding tert-OH is 4. The first kappa shape index (κ1) is 21.9. The molecule has 2 aromatic carbocycles. The first-order valence-corrected chi connectivity index (χ1v) is 10.2. The van der Waals surface area contributed by atoms with Crippen molar-refractivity contribution in [2.45, 2.75) is 49.5 Å². The first-order chi connectivity index (χ1) is 14.8. The smallest absolute Gasteiger partial charge is 0.129 e. The molecule has 0 spiro atoms. The maximum atomic E-state index is 13.4. The summed E-state index contributed by atoms with van der Waals surface area (Å²) in [5.74, 6) is -0.300. The molecule has 2 heterocycles. The summed E-state index contributed by atoms with van der Waals surface area (Å²) in [5.41, 5.74) is 0.694. The number of rotatable bonds is 6. The van der Waals surface area contributed by atoms with E-state index in [0.29, 0.717) is 22.6 Å². The van der Waals surface area contributed by atoms with Crippen molar-refractivity contribution in [3.63, 3.8) is 0 Å². The maximum absolute atomic E-state index is 13.4. The minimum absolute atomic E-state index is 0.0715. The molecule has 7 nitrogen and oxygen atoms in total. The van der Waals surface area contributed by atoms with Crippen LogP contribution in [0.25, 0.3) is 0 Å². The molecule has 6 atom stereocenters. The van der Waals surface area contributed by atoms with Crippen LogP contribution in [0.1, 0.15) is 36.2 Å². The van der Waals surface area contributed by atoms with Crippen LogP contribution in [0.4, 0.5) is 8.78 Å². The van der Waals surface area contributed by atoms with E-state index in [-0.39, 0.29) is 25.9 Å². The summed E-state index contributed by atoms with van der Waals surface area (Å²) < 4.78 is 38.1. The van der Waals surface area contributed by atoms with E-state index in [4.69, 9.17) is 9.47 Å². The Labute approximate surface area is 177 Å². The van der Waals surface area contributed by atoms with Gasteiger partial charge >= 0.3 is 0 Å². The normalized spacial score (nSPS) is 26.8. The summed E-state index contributed by atoms with van der Waals surface area (Å²) in [7, 11) is 0. The molecule has 0 bridgehead atoms. The fourth-order valence-corrected chi connectivity index (χ4v) is 4.00. The zero-order valence-electron chi connectivity index (χ0n) is 16.6. The Kier molecular flexibility index (Phi) is 6.40. The van der Waals surface area contributed by atoms with Crippen molar-refractivity contribution in [2.75, 3.05) is 13.1 Å². The van der Waals surface area contributed by atoms with Gasteiger partial charge in [0.05, 0.1) is 12.2 Å². The van der Waals surface area contributed by atoms with Gasteiger partial charge in [0.15, 0.2) is 0 Å². The average molecular weight is 437 g/mol. The first-order valence-electron chi connectivity index (χ1n) is 10.2. The van der Waals surface area contributed by atoms with Gasteiger partial charge in [0.25, 0.3) is 0 Å². The molecule has 0 amide bonds. The predicted octanol–water partition coefficient (Wildman–Crippen LogP) is 1.35. The van der Waals surface area contributed by atoms with Gasteiger partial charge in [0.2, 0.25) is 0 Å². The van der Waals surface area contributed by atoms with Gasteiger partial charge < -0.3 is 35.2 Å². The lowest BCUT2D eigenvalue weighted by molar-refractivity contribution is -0.0247. The van der Waals surface area contributed by atoms with Gasteiger partial charge in [-0.1, -0.05) is 0 Å². The Morgan fingerprint density at radius 3 is 1.65 bits per heavy atom. The summed E-state index contributed by atoms with van der Waals surface area (Å²) >= 11 is 0. The highest BCUT2D eigenvalue weighted by Crippen LogP contribution is 2.37. The standard InChI is InChI=1S/C22H25F2NO6/c23-11-1-3-19-13(5-11)15(26)7-21(30-19)17(28)9-25-10-18(29)22-8-16(27)14-6-12(24)2-4-20(14)31-22/h1-6,15-18,21-22,25-29H,7-10H2/t15?,16?,17-,18-,21-,22+/m1/s1. The van der Waals surface area contributed by atoms with E-state index in [1.54, 1.807) is 0 Å². The number of ether oxygens (including phenoxy) is 2. The highest BCUT2D eigenvalue weighted by molar-refractivity contribution is 5.38. The van der Waals surface area contributed by atoms with E-state index in [0.717, 1.165) is 0 Å². The molecule has 0 saturated heterocycles. The van der Waals surface area contributed by atoms with Gasteiger partial charge in [0, 0.05) is 37.1 Å². The van der Waals surface area contributed by atoms with Crippen LogP contribution in [-0.2, 0) is 0 Å². The van der Waals surface area contributed by atoms with Gasteiger partial charge in [-0.2, -0.15) is 0 Å². The van der Waals surface area contributed by atoms with Crippen LogP contribution in [0.15, 0.2) is 36.4 Å². The summed E-state index contributed by atoms with van der Waals surface area (Å²) in [6.07, 6.45) is -5.07. The molecule has 2 aliphatic heterocycles. The zero-order chi connectivity index (χ0) is 22.1. The molecule has 5 N–H and O–H groups in total. The Balaban J connectivity index is 1.28. The topological polar surface area (TPSA) is 111 Å². The number of fused-ring (bicyclic) bond motifs is 2. The Bertz CT molecular complexity index is 855. The average Bonchev–Trinajstić information content (AvgIpc) is 2.74. The van der Waals surface area contributed by atoms with Gasteiger partial charge in [-0.05, 0) is 36.4 Å². The fraction of sp³-hybridized carbons (Fsp3) is 0.455. The third-order valence-electron chi connectivity index (χ3n) is 5.69. The lowest BCUT2D eigenvalue weighted by Gasteiger charge is -2.34. The molecule has 4 rings (SSSR count). The zero-order valence-corrected chi connectivity index (χ0v) is 16.6. The Morgan fingerprint density at radius 2 is 1.23 bits per heavy atom. The summed E-state index contributed by atoms with van der Waals surface area (Å²) in [6.45, 7) is 0.143. The van der Waals surface area contributed by atoms with E-state index < -0.39 is 48.3 Å². The van der Waals surface area contributed by atoms with Crippen LogP contribution >= 0.6 is 0 Å². The van der Waals surface area contributed by atoms with Crippen molar-refractivity contribution in [2.24, 2.45) is 0 Å². The molecule has 0 radical (unpaired) electrons. The second-order valence-corrected chi connectivity index (χ2v) is 7.97. The second-order valence-electron chi connectivity index (χ2n) is 7.97. The minimum Gasteiger partial charge on any atom is -0.487 e. The van der Waals surface area contributed by atoms with Crippen molar-refractivity contribution in [1.82, 2.24) is 5.32 Å². The molecule has 2 unspecified atom stereocenters. The third kappa shape index (κ3) is 4.81. The van der Waals surface area contributed by atoms with E-state index in [1.165, 1.54) is 36.4 Å². The van der Waals surface area contributed by atoms with Gasteiger partial charge in [-0.25, -0.2) is 8.78 Å². The van der Waals surface area contributed by atoms with E-state index >= 15 is 0 Å². The third-order valence-corrected chi connectivity index (χ3v) is 5.69. The highest BCUT2D eigenvalue weighted by atomic mass is 19.1. The van der Waals surface area contributed by atoms with E-state index in [1.807, 2.05) is 0 Å². The van der Waals surface area contributed by atoms with Crippen molar-refractivity contribution in [3.05, 3.63) is 59.2 Å². The quantitative estimate of drug-likeness (QED) is 0.464. The van der Waals surface area contributed by atoms with Crippen LogP contribution in [0, 0.1) is 11.6 Å². The lowest BCUT2D eigenvalue weighted by Crippen LogP contribution is -2.47. The molecule has 0 saturated carbocycles. The molecule has 2 aliphatic rings. The van der Waals surface area contributed by atoms with Gasteiger partial charge in [-0.3, -0.25) is 0 Å². The molecule has 31 heavy (non-hydrogen) atoms. The van der Waals surface area contributed by atoms with Crippen LogP contribution in [-0.4, -0.2) is 57.9 Å². The van der Waals surface area contributed by atoms with Crippen molar-refractivity contribution in [1.29, 1.82) is 0 Å². The van der Waals surface area contributed by atoms with Crippen molar-refractivity contribution < 1.29 is 38.7 Å². The fourth-order valence-electron chi connectivity index (χ4n) is 4.00. The summed E-state index contributed by atoms with van der Waals surface area (Å²) in [4.78, 5) is 0. The number of hydrogen-bond donors (Lipinski definition) is 5. The van der Waals surface area contributed by atoms with Crippen LogP contribution in [0.2, 0.25) is 0 Å². The Hall–Kier alpha value is -2.30. The molecule has 168 valence electrons. The number of hydrogen-bond acceptors (Lipinski definition) is 7. The predicted molar refractivity (Wildman–Crippen MR) is 106 cm³/mol. The second kappa shape index (κ2) is 9.05. The maximum Gasteiger partial charge on any atom is 0.129 e. The molecular formula is C22H25F2NO6. The van der Waals surface area contributed by atoms with Gasteiger partial charge in [-0.15, -0.1) is 0 Å². The minimum atomic E-state index is -0.985. The summed E-state index contributed by atoms with van der Waals surface area (Å²) in [6, 6.07) is 7.70. The molecular weight excluding hydrogens is 412 g/mol. The Morgan fingerprint density at radius 1 is 0.806 bits per heavy atom. The van der Waals surface area contributed by atoms with E-state index in [2.05, 4.69) is 5.32 Å². The number of aliphatic hydroxyl groups is 4. The lowest BCUT2D eigenvalue weighted by atomic mass is 9.95. The van der Waals surface area contributed by atoms with Crippen molar-refractivity contribution >= 4 is 0 Å². The van der Waals surface area contributed by atoms with Crippen LogP contribution in [0.3, 0.4) is 0 Å². The van der Waals surface area contributed by atoms with E-state index in [9.17, 15) is 29.2 Å². The largest absolute Gasteiger partial charge is 0.487 e.